The highest BCUT2D eigenvalue weighted by Crippen LogP contribution is 2.37. The van der Waals surface area contributed by atoms with Crippen LogP contribution in [0.1, 0.15) is 24.0 Å². The molecule has 7 heteroatoms. The minimum atomic E-state index is -3.37. The Morgan fingerprint density at radius 3 is 2.11 bits per heavy atom. The fourth-order valence-corrected chi connectivity index (χ4v) is 4.73. The molecule has 0 heterocycles. The minimum Gasteiger partial charge on any atom is -0.457 e. The maximum atomic E-state index is 13.4. The van der Waals surface area contributed by atoms with Gasteiger partial charge in [0.2, 0.25) is 5.91 Å². The molecule has 0 aliphatic carbocycles. The molecule has 0 spiro atoms. The van der Waals surface area contributed by atoms with Gasteiger partial charge in [-0.15, -0.1) is 0 Å². The van der Waals surface area contributed by atoms with Gasteiger partial charge in [-0.2, -0.15) is 0 Å². The van der Waals surface area contributed by atoms with Gasteiger partial charge in [-0.25, -0.2) is 12.8 Å². The smallest absolute Gasteiger partial charge is 0.229 e. The predicted octanol–water partition coefficient (Wildman–Crippen LogP) is 5.70. The van der Waals surface area contributed by atoms with Gasteiger partial charge in [0.25, 0.3) is 0 Å². The summed E-state index contributed by atoms with van der Waals surface area (Å²) in [6.07, 6.45) is 0. The van der Waals surface area contributed by atoms with E-state index < -0.39 is 21.7 Å². The first-order valence-corrected chi connectivity index (χ1v) is 12.7. The molecular weight excluding hydrogens is 465 g/mol. The highest BCUT2D eigenvalue weighted by molar-refractivity contribution is 7.91. The van der Waals surface area contributed by atoms with E-state index in [2.05, 4.69) is 0 Å². The van der Waals surface area contributed by atoms with E-state index in [1.165, 1.54) is 36.4 Å². The van der Waals surface area contributed by atoms with Crippen LogP contribution in [0.25, 0.3) is 11.1 Å². The molecule has 2 N–H and O–H groups in total. The van der Waals surface area contributed by atoms with Crippen LogP contribution in [0, 0.1) is 5.82 Å². The number of hydrogen-bond donors (Lipinski definition) is 1. The van der Waals surface area contributed by atoms with E-state index >= 15 is 0 Å². The van der Waals surface area contributed by atoms with Gasteiger partial charge in [-0.05, 0) is 59.2 Å². The fraction of sp³-hybridized carbons (Fsp3) is 0.107. The molecule has 178 valence electrons. The quantitative estimate of drug-likeness (QED) is 0.344. The summed E-state index contributed by atoms with van der Waals surface area (Å²) in [6.45, 7) is 1.58. The van der Waals surface area contributed by atoms with Crippen LogP contribution in [-0.2, 0) is 14.6 Å². The van der Waals surface area contributed by atoms with Crippen molar-refractivity contribution in [3.63, 3.8) is 0 Å². The lowest BCUT2D eigenvalue weighted by molar-refractivity contribution is -0.118. The Balaban J connectivity index is 1.78. The average molecular weight is 490 g/mol. The molecule has 4 rings (SSSR count). The number of halogens is 1. The zero-order valence-corrected chi connectivity index (χ0v) is 19.8. The van der Waals surface area contributed by atoms with Crippen molar-refractivity contribution in [2.75, 3.05) is 5.75 Å². The molecule has 0 saturated heterocycles. The van der Waals surface area contributed by atoms with Crippen LogP contribution in [0.5, 0.6) is 11.5 Å². The normalized spacial score (nSPS) is 12.2. The number of benzene rings is 4. The Bertz CT molecular complexity index is 1440. The number of hydrogen-bond acceptors (Lipinski definition) is 4. The highest BCUT2D eigenvalue weighted by Gasteiger charge is 2.23. The molecule has 0 aliphatic rings. The SMILES string of the molecule is CCS(=O)(=O)c1ccc(C(C(N)=O)c2ccc(-c3ccccc3)c(Oc3ccc(F)cc3)c2)cc1. The molecule has 1 atom stereocenters. The second-order valence-electron chi connectivity index (χ2n) is 7.99. The standard InChI is InChI=1S/C28H24FNO4S/c1-2-35(32,33)24-15-8-20(9-16-24)27(28(30)31)21-10-17-25(19-6-4-3-5-7-19)26(18-21)34-23-13-11-22(29)12-14-23/h3-18,27H,2H2,1H3,(H2,30,31). The minimum absolute atomic E-state index is 0.0172. The molecule has 1 amide bonds. The van der Waals surface area contributed by atoms with E-state index in [1.807, 2.05) is 36.4 Å². The second kappa shape index (κ2) is 10.1. The van der Waals surface area contributed by atoms with Gasteiger partial charge in [0.1, 0.15) is 17.3 Å². The van der Waals surface area contributed by atoms with Crippen molar-refractivity contribution < 1.29 is 22.3 Å². The molecular formula is C28H24FNO4S. The maximum absolute atomic E-state index is 13.4. The zero-order valence-electron chi connectivity index (χ0n) is 19.0. The Kier molecular flexibility index (Phi) is 6.98. The Hall–Kier alpha value is -3.97. The first kappa shape index (κ1) is 24.2. The number of ether oxygens (including phenoxy) is 1. The van der Waals surface area contributed by atoms with E-state index in [-0.39, 0.29) is 16.5 Å². The van der Waals surface area contributed by atoms with Crippen molar-refractivity contribution in [2.45, 2.75) is 17.7 Å². The molecule has 35 heavy (non-hydrogen) atoms. The third-order valence-corrected chi connectivity index (χ3v) is 7.45. The lowest BCUT2D eigenvalue weighted by atomic mass is 9.89. The largest absolute Gasteiger partial charge is 0.457 e. The van der Waals surface area contributed by atoms with Gasteiger partial charge in [0, 0.05) is 5.56 Å². The number of rotatable bonds is 8. The monoisotopic (exact) mass is 489 g/mol. The van der Waals surface area contributed by atoms with Crippen LogP contribution in [0.3, 0.4) is 0 Å². The van der Waals surface area contributed by atoms with Gasteiger partial charge in [-0.1, -0.05) is 61.5 Å². The first-order valence-electron chi connectivity index (χ1n) is 11.0. The van der Waals surface area contributed by atoms with E-state index in [4.69, 9.17) is 10.5 Å². The van der Waals surface area contributed by atoms with E-state index in [1.54, 1.807) is 31.2 Å². The number of carbonyl (C=O) groups is 1. The van der Waals surface area contributed by atoms with Crippen LogP contribution in [-0.4, -0.2) is 20.1 Å². The van der Waals surface area contributed by atoms with Crippen LogP contribution in [0.2, 0.25) is 0 Å². The van der Waals surface area contributed by atoms with Crippen LogP contribution in [0.15, 0.2) is 102 Å². The molecule has 4 aromatic carbocycles. The lowest BCUT2D eigenvalue weighted by Crippen LogP contribution is -2.22. The Morgan fingerprint density at radius 1 is 0.886 bits per heavy atom. The predicted molar refractivity (Wildman–Crippen MR) is 134 cm³/mol. The van der Waals surface area contributed by atoms with Crippen molar-refractivity contribution in [3.05, 3.63) is 114 Å². The van der Waals surface area contributed by atoms with Crippen molar-refractivity contribution in [2.24, 2.45) is 5.73 Å². The fourth-order valence-electron chi connectivity index (χ4n) is 3.84. The van der Waals surface area contributed by atoms with Gasteiger partial charge in [0.05, 0.1) is 16.6 Å². The summed E-state index contributed by atoms with van der Waals surface area (Å²) in [4.78, 5) is 12.7. The van der Waals surface area contributed by atoms with Crippen LogP contribution < -0.4 is 10.5 Å². The van der Waals surface area contributed by atoms with Gasteiger partial charge in [0.15, 0.2) is 9.84 Å². The van der Waals surface area contributed by atoms with Crippen molar-refractivity contribution in [1.82, 2.24) is 0 Å². The van der Waals surface area contributed by atoms with E-state index in [0.29, 0.717) is 22.6 Å². The first-order chi connectivity index (χ1) is 16.8. The molecule has 4 aromatic rings. The molecule has 0 fully saturated rings. The van der Waals surface area contributed by atoms with E-state index in [0.717, 1.165) is 11.1 Å². The second-order valence-corrected chi connectivity index (χ2v) is 10.3. The van der Waals surface area contributed by atoms with Gasteiger partial charge < -0.3 is 10.5 Å². The lowest BCUT2D eigenvalue weighted by Gasteiger charge is -2.18. The molecule has 0 saturated carbocycles. The number of primary amides is 1. The number of carbonyl (C=O) groups excluding carboxylic acids is 1. The van der Waals surface area contributed by atoms with Crippen molar-refractivity contribution in [1.29, 1.82) is 0 Å². The van der Waals surface area contributed by atoms with Crippen molar-refractivity contribution in [3.8, 4) is 22.6 Å². The summed E-state index contributed by atoms with van der Waals surface area (Å²) >= 11 is 0. The third-order valence-electron chi connectivity index (χ3n) is 5.70. The molecule has 0 bridgehead atoms. The molecule has 0 radical (unpaired) electrons. The molecule has 0 aromatic heterocycles. The van der Waals surface area contributed by atoms with E-state index in [9.17, 15) is 17.6 Å². The Morgan fingerprint density at radius 2 is 1.51 bits per heavy atom. The maximum Gasteiger partial charge on any atom is 0.229 e. The molecule has 5 nitrogen and oxygen atoms in total. The number of nitrogens with two attached hydrogens (primary N) is 1. The third kappa shape index (κ3) is 5.41. The Labute approximate surface area is 203 Å². The van der Waals surface area contributed by atoms with Crippen LogP contribution >= 0.6 is 0 Å². The summed E-state index contributed by atoms with van der Waals surface area (Å²) < 4.78 is 43.8. The summed E-state index contributed by atoms with van der Waals surface area (Å²) in [5, 5.41) is 0. The topological polar surface area (TPSA) is 86.5 Å². The summed E-state index contributed by atoms with van der Waals surface area (Å²) in [7, 11) is -3.37. The van der Waals surface area contributed by atoms with Crippen molar-refractivity contribution >= 4 is 15.7 Å². The van der Waals surface area contributed by atoms with Gasteiger partial charge >= 0.3 is 0 Å². The highest BCUT2D eigenvalue weighted by atomic mass is 32.2. The molecule has 1 unspecified atom stereocenters. The summed E-state index contributed by atoms with van der Waals surface area (Å²) in [5.74, 6) is -0.902. The summed E-state index contributed by atoms with van der Waals surface area (Å²) in [6, 6.07) is 26.8. The number of sulfone groups is 1. The van der Waals surface area contributed by atoms with Crippen LogP contribution in [0.4, 0.5) is 4.39 Å². The zero-order chi connectivity index (χ0) is 25.0. The van der Waals surface area contributed by atoms with Gasteiger partial charge in [-0.3, -0.25) is 4.79 Å². The number of amides is 1. The molecule has 0 aliphatic heterocycles. The summed E-state index contributed by atoms with van der Waals surface area (Å²) in [5.41, 5.74) is 8.61. The average Bonchev–Trinajstić information content (AvgIpc) is 2.86.